The number of nitrogens with zero attached hydrogens (tertiary/aromatic N) is 8. The number of carbonyl (C=O) groups is 4. The number of aliphatic hydroxyl groups excluding tert-OH is 2. The number of allylic oxidation sites excluding steroid dienone is 1. The lowest BCUT2D eigenvalue weighted by atomic mass is 9.83. The standard InChI is InChI=1S/C73H110N12O16/c1-49(2)39-51(4)67(70(92-6)69(91)52(5)40-50(3)7-16-60(99-48-86)17-11-53-9-14-59(87)15-10-53)82-100-46-64(89)76-23-28-94-30-32-96-34-36-98-38-37-97-35-33-95-31-29-93-27-22-63(88)79-58-20-24-83(25-21-58)45-65(90)84-26-19-55-41-54(8-12-57(55)44-84)43-85-72-66(71(74)77-47-78-72)68(81-85)56-13-18-62-61(42-56)80-73(75)101-62/h8,12-13,18,40-42,47-51,53,58-60,69-70,87,91H,7,9-11,14-17,19-39,43-46H2,1-6H3,(H2,75,80)(H,76,89)(H,79,88)(H2,74,77,78)/b52-40+,82-67+/t50-,51+,53?,59?,60-,69+,70-/m0/s1. The van der Waals surface area contributed by atoms with Crippen molar-refractivity contribution < 1.29 is 76.5 Å². The van der Waals surface area contributed by atoms with Crippen LogP contribution in [0.1, 0.15) is 128 Å². The van der Waals surface area contributed by atoms with E-state index in [1.807, 2.05) is 41.6 Å². The molecule has 8 N–H and O–H groups in total. The summed E-state index contributed by atoms with van der Waals surface area (Å²) in [4.78, 5) is 73.0. The maximum Gasteiger partial charge on any atom is 0.293 e. The molecule has 0 bridgehead atoms. The highest BCUT2D eigenvalue weighted by Gasteiger charge is 2.32. The number of carbonyl (C=O) groups excluding carboxylic acids is 4. The van der Waals surface area contributed by atoms with Gasteiger partial charge in [-0.3, -0.25) is 24.1 Å². The molecule has 28 heteroatoms. The van der Waals surface area contributed by atoms with Crippen molar-refractivity contribution in [3.8, 4) is 11.3 Å². The van der Waals surface area contributed by atoms with Gasteiger partial charge >= 0.3 is 0 Å². The number of nitrogens with one attached hydrogen (secondary N) is 2. The van der Waals surface area contributed by atoms with E-state index in [1.165, 1.54) is 19.0 Å². The Morgan fingerprint density at radius 1 is 0.802 bits per heavy atom. The summed E-state index contributed by atoms with van der Waals surface area (Å²) in [6.07, 6.45) is 11.5. The maximum atomic E-state index is 13.6. The highest BCUT2D eigenvalue weighted by atomic mass is 16.6. The van der Waals surface area contributed by atoms with Crippen molar-refractivity contribution in [2.24, 2.45) is 28.8 Å². The molecule has 0 unspecified atom stereocenters. The van der Waals surface area contributed by atoms with Gasteiger partial charge < -0.3 is 84.4 Å². The van der Waals surface area contributed by atoms with E-state index in [0.717, 1.165) is 106 Å². The van der Waals surface area contributed by atoms with Crippen LogP contribution in [0, 0.1) is 23.7 Å². The van der Waals surface area contributed by atoms with E-state index >= 15 is 0 Å². The van der Waals surface area contributed by atoms with Gasteiger partial charge in [0.15, 0.2) is 17.8 Å². The minimum atomic E-state index is -1.01. The number of ether oxygens (including phenoxy) is 8. The Hall–Kier alpha value is -7.25. The van der Waals surface area contributed by atoms with Gasteiger partial charge in [0.2, 0.25) is 11.8 Å². The van der Waals surface area contributed by atoms with Gasteiger partial charge in [-0.15, -0.1) is 0 Å². The molecule has 2 aliphatic heterocycles. The first-order valence-corrected chi connectivity index (χ1v) is 36.1. The van der Waals surface area contributed by atoms with Crippen LogP contribution in [-0.2, 0) is 81.4 Å². The molecule has 8 rings (SSSR count). The first kappa shape index (κ1) is 79.5. The van der Waals surface area contributed by atoms with E-state index in [9.17, 15) is 29.4 Å². The fourth-order valence-corrected chi connectivity index (χ4v) is 13.4. The zero-order valence-electron chi connectivity index (χ0n) is 60.1. The molecule has 101 heavy (non-hydrogen) atoms. The summed E-state index contributed by atoms with van der Waals surface area (Å²) in [5, 5.41) is 37.3. The second kappa shape index (κ2) is 42.4. The average Bonchev–Trinajstić information content (AvgIpc) is 1.62. The molecule has 0 spiro atoms. The highest BCUT2D eigenvalue weighted by molar-refractivity contribution is 5.99. The number of hydrogen-bond donors (Lipinski definition) is 6. The molecule has 5 atom stereocenters. The zero-order valence-corrected chi connectivity index (χ0v) is 60.1. The molecule has 2 fully saturated rings. The number of methoxy groups -OCH3 is 1. The fraction of sp³-hybridized carbons (Fsp3) is 0.658. The highest BCUT2D eigenvalue weighted by Crippen LogP contribution is 2.34. The van der Waals surface area contributed by atoms with Crippen LogP contribution in [0.5, 0.6) is 0 Å². The van der Waals surface area contributed by atoms with Crippen LogP contribution in [0.25, 0.3) is 33.4 Å². The van der Waals surface area contributed by atoms with Crippen molar-refractivity contribution in [2.75, 3.05) is 137 Å². The molecule has 3 aromatic heterocycles. The summed E-state index contributed by atoms with van der Waals surface area (Å²) in [6, 6.07) is 12.1. The second-order valence-corrected chi connectivity index (χ2v) is 27.3. The van der Waals surface area contributed by atoms with Gasteiger partial charge in [0.1, 0.15) is 41.7 Å². The Bertz CT molecular complexity index is 3400. The third kappa shape index (κ3) is 26.2. The number of aromatic nitrogens is 5. The maximum absolute atomic E-state index is 13.6. The van der Waals surface area contributed by atoms with E-state index < -0.39 is 12.2 Å². The minimum Gasteiger partial charge on any atom is -0.465 e. The van der Waals surface area contributed by atoms with Gasteiger partial charge in [-0.25, -0.2) is 14.6 Å². The topological polar surface area (TPSA) is 356 Å². The number of oxazole rings is 1. The first-order valence-electron chi connectivity index (χ1n) is 36.1. The lowest BCUT2D eigenvalue weighted by Crippen LogP contribution is -2.48. The van der Waals surface area contributed by atoms with Crippen molar-refractivity contribution in [1.82, 2.24) is 45.2 Å². The smallest absolute Gasteiger partial charge is 0.293 e. The number of hydrogen-bond acceptors (Lipinski definition) is 24. The van der Waals surface area contributed by atoms with Crippen molar-refractivity contribution in [2.45, 2.75) is 162 Å². The Morgan fingerprint density at radius 2 is 1.49 bits per heavy atom. The molecule has 28 nitrogen and oxygen atoms in total. The Kier molecular flexibility index (Phi) is 33.3. The number of nitrogen functional groups attached to an aromatic ring is 2. The Morgan fingerprint density at radius 3 is 2.16 bits per heavy atom. The van der Waals surface area contributed by atoms with Gasteiger partial charge in [-0.2, -0.15) is 10.1 Å². The number of rotatable bonds is 46. The van der Waals surface area contributed by atoms with Gasteiger partial charge in [0.25, 0.3) is 18.4 Å². The largest absolute Gasteiger partial charge is 0.465 e. The van der Waals surface area contributed by atoms with Crippen LogP contribution >= 0.6 is 0 Å². The SMILES string of the molecule is CO[C@@H](/C(=N/OCC(=O)NCCOCCOCCOCCOCCOCCOCCC(=O)NC1CCN(CC(=O)N2CCc3cc(Cn4nc(-c5ccc6oc(N)nc6c5)c5c(N)ncnc54)ccc3C2)CC1)[C@H](C)CC(C)C)[C@H](O)/C(C)=C/[C@@H](C)CC[C@@H](CCC1CCC(O)CC1)OC=O. The zero-order chi connectivity index (χ0) is 71.9. The number of aliphatic hydroxyl groups is 2. The van der Waals surface area contributed by atoms with Crippen molar-refractivity contribution >= 4 is 63.9 Å². The number of piperidine rings is 1. The van der Waals surface area contributed by atoms with Gasteiger partial charge in [-0.05, 0) is 142 Å². The molecule has 1 saturated carbocycles. The predicted molar refractivity (Wildman–Crippen MR) is 381 cm³/mol. The molecule has 5 aromatic rings. The molecule has 558 valence electrons. The molecule has 3 amide bonds. The van der Waals surface area contributed by atoms with Crippen molar-refractivity contribution in [1.29, 1.82) is 0 Å². The molecular weight excluding hydrogens is 1300 g/mol. The summed E-state index contributed by atoms with van der Waals surface area (Å²) >= 11 is 0. The van der Waals surface area contributed by atoms with Crippen LogP contribution in [0.15, 0.2) is 63.9 Å². The summed E-state index contributed by atoms with van der Waals surface area (Å²) in [5.74, 6) is 0.885. The first-order chi connectivity index (χ1) is 48.9. The monoisotopic (exact) mass is 1410 g/mol. The molecular formula is C73H110N12O16. The summed E-state index contributed by atoms with van der Waals surface area (Å²) in [7, 11) is 1.53. The lowest BCUT2D eigenvalue weighted by molar-refractivity contribution is -0.135. The van der Waals surface area contributed by atoms with Crippen LogP contribution < -0.4 is 22.1 Å². The number of fused-ring (bicyclic) bond motifs is 3. The lowest BCUT2D eigenvalue weighted by Gasteiger charge is -2.35. The van der Waals surface area contributed by atoms with E-state index in [-0.39, 0.29) is 80.0 Å². The number of oxime groups is 1. The minimum absolute atomic E-state index is 0.0535. The van der Waals surface area contributed by atoms with E-state index in [1.54, 1.807) is 6.07 Å². The van der Waals surface area contributed by atoms with Gasteiger partial charge in [-0.1, -0.05) is 57.1 Å². The third-order valence-corrected chi connectivity index (χ3v) is 18.9. The van der Waals surface area contributed by atoms with Crippen LogP contribution in [0.4, 0.5) is 11.8 Å². The van der Waals surface area contributed by atoms with Crippen LogP contribution in [0.2, 0.25) is 0 Å². The van der Waals surface area contributed by atoms with E-state index in [0.29, 0.717) is 163 Å². The predicted octanol–water partition coefficient (Wildman–Crippen LogP) is 6.58. The third-order valence-electron chi connectivity index (χ3n) is 18.9. The van der Waals surface area contributed by atoms with E-state index in [4.69, 9.17) is 63.7 Å². The second-order valence-electron chi connectivity index (χ2n) is 27.3. The number of benzene rings is 2. The Labute approximate surface area is 593 Å². The van der Waals surface area contributed by atoms with E-state index in [2.05, 4.69) is 74.6 Å². The number of nitrogens with two attached hydrogens (primary N) is 2. The van der Waals surface area contributed by atoms with Crippen molar-refractivity contribution in [3.05, 3.63) is 71.1 Å². The molecule has 5 heterocycles. The normalized spacial score (nSPS) is 18.0. The van der Waals surface area contributed by atoms with Crippen molar-refractivity contribution in [3.63, 3.8) is 0 Å². The average molecular weight is 1410 g/mol. The molecule has 0 radical (unpaired) electrons. The molecule has 2 aromatic carbocycles. The summed E-state index contributed by atoms with van der Waals surface area (Å²) in [5.41, 5.74) is 20.0. The fourth-order valence-electron chi connectivity index (χ4n) is 13.4. The van der Waals surface area contributed by atoms with Gasteiger partial charge in [0.05, 0.1) is 110 Å². The quantitative estimate of drug-likeness (QED) is 0.00787. The number of likely N-dealkylation sites (tertiary alicyclic amines) is 1. The molecule has 1 saturated heterocycles. The number of amides is 3. The molecule has 3 aliphatic rings. The van der Waals surface area contributed by atoms with Gasteiger partial charge in [0, 0.05) is 63.8 Å². The number of anilines is 2. The van der Waals surface area contributed by atoms with Crippen LogP contribution in [0.3, 0.4) is 0 Å². The Balaban J connectivity index is 0.582. The molecule has 1 aliphatic carbocycles. The summed E-state index contributed by atoms with van der Waals surface area (Å²) < 4.78 is 52.2. The van der Waals surface area contributed by atoms with Crippen LogP contribution in [-0.4, -0.2) is 231 Å². The summed E-state index contributed by atoms with van der Waals surface area (Å²) in [6.45, 7) is 18.5.